The molecule has 2 amide bonds. The first-order valence-corrected chi connectivity index (χ1v) is 8.06. The lowest BCUT2D eigenvalue weighted by molar-refractivity contribution is -0.127. The first-order valence-electron chi connectivity index (χ1n) is 8.06. The van der Waals surface area contributed by atoms with Crippen LogP contribution in [0.5, 0.6) is 0 Å². The minimum atomic E-state index is -0.803. The Kier molecular flexibility index (Phi) is 4.33. The van der Waals surface area contributed by atoms with Crippen LogP contribution in [0.1, 0.15) is 38.3 Å². The van der Waals surface area contributed by atoms with Gasteiger partial charge in [0, 0.05) is 13.0 Å². The van der Waals surface area contributed by atoms with E-state index < -0.39 is 5.41 Å². The van der Waals surface area contributed by atoms with Crippen LogP contribution in [0.2, 0.25) is 0 Å². The molecule has 1 unspecified atom stereocenters. The van der Waals surface area contributed by atoms with Gasteiger partial charge in [-0.15, -0.1) is 0 Å². The Bertz CT molecular complexity index is 728. The average Bonchev–Trinajstić information content (AvgIpc) is 3.05. The Labute approximate surface area is 140 Å². The standard InChI is InChI=1S/C17H21N5O2/c1-12(2)22-16(19-11-20-22)21-15(24)17(9-8-14(23)18-10-17)13-6-4-3-5-7-13/h3-7,11-12H,8-10H2,1-2H3,(H,18,23)(H,19,20,21,24). The van der Waals surface area contributed by atoms with Crippen LogP contribution >= 0.6 is 0 Å². The molecule has 0 saturated carbocycles. The van der Waals surface area contributed by atoms with Gasteiger partial charge < -0.3 is 5.32 Å². The summed E-state index contributed by atoms with van der Waals surface area (Å²) in [7, 11) is 0. The summed E-state index contributed by atoms with van der Waals surface area (Å²) in [5, 5.41) is 9.86. The van der Waals surface area contributed by atoms with E-state index in [-0.39, 0.29) is 24.4 Å². The Balaban J connectivity index is 1.92. The minimum absolute atomic E-state index is 0.0281. The zero-order chi connectivity index (χ0) is 17.2. The zero-order valence-corrected chi connectivity index (χ0v) is 13.8. The second-order valence-electron chi connectivity index (χ2n) is 6.30. The number of piperidine rings is 1. The van der Waals surface area contributed by atoms with Crippen molar-refractivity contribution in [3.63, 3.8) is 0 Å². The van der Waals surface area contributed by atoms with Crippen molar-refractivity contribution in [3.8, 4) is 0 Å². The highest BCUT2D eigenvalue weighted by Crippen LogP contribution is 2.33. The van der Waals surface area contributed by atoms with E-state index in [0.717, 1.165) is 5.56 Å². The molecule has 1 fully saturated rings. The van der Waals surface area contributed by atoms with E-state index in [4.69, 9.17) is 0 Å². The van der Waals surface area contributed by atoms with Crippen LogP contribution in [0.25, 0.3) is 0 Å². The van der Waals surface area contributed by atoms with Crippen LogP contribution < -0.4 is 10.6 Å². The Morgan fingerprint density at radius 2 is 2.08 bits per heavy atom. The van der Waals surface area contributed by atoms with Gasteiger partial charge in [-0.25, -0.2) is 4.68 Å². The van der Waals surface area contributed by atoms with Crippen molar-refractivity contribution < 1.29 is 9.59 Å². The van der Waals surface area contributed by atoms with Crippen molar-refractivity contribution in [3.05, 3.63) is 42.2 Å². The molecule has 2 heterocycles. The van der Waals surface area contributed by atoms with Crippen molar-refractivity contribution in [2.24, 2.45) is 0 Å². The number of benzene rings is 1. The van der Waals surface area contributed by atoms with E-state index in [1.54, 1.807) is 4.68 Å². The van der Waals surface area contributed by atoms with Crippen LogP contribution in [-0.4, -0.2) is 33.1 Å². The molecule has 7 heteroatoms. The summed E-state index contributed by atoms with van der Waals surface area (Å²) in [6.45, 7) is 4.22. The number of nitrogens with one attached hydrogen (secondary N) is 2. The summed E-state index contributed by atoms with van der Waals surface area (Å²) in [6.07, 6.45) is 2.21. The lowest BCUT2D eigenvalue weighted by atomic mass is 9.73. The fraction of sp³-hybridized carbons (Fsp3) is 0.412. The zero-order valence-electron chi connectivity index (χ0n) is 13.8. The molecule has 3 rings (SSSR count). The molecule has 0 spiro atoms. The fourth-order valence-electron chi connectivity index (χ4n) is 3.02. The van der Waals surface area contributed by atoms with Gasteiger partial charge in [0.2, 0.25) is 17.8 Å². The third kappa shape index (κ3) is 2.89. The van der Waals surface area contributed by atoms with Gasteiger partial charge in [-0.2, -0.15) is 10.1 Å². The second-order valence-corrected chi connectivity index (χ2v) is 6.30. The summed E-state index contributed by atoms with van der Waals surface area (Å²) in [4.78, 5) is 28.9. The smallest absolute Gasteiger partial charge is 0.239 e. The normalized spacial score (nSPS) is 20.7. The number of anilines is 1. The van der Waals surface area contributed by atoms with Crippen LogP contribution in [0, 0.1) is 0 Å². The SMILES string of the molecule is CC(C)n1ncnc1NC(=O)C1(c2ccccc2)CCC(=O)NC1. The molecule has 2 N–H and O–H groups in total. The number of hydrogen-bond acceptors (Lipinski definition) is 4. The predicted molar refractivity (Wildman–Crippen MR) is 89.4 cm³/mol. The highest BCUT2D eigenvalue weighted by atomic mass is 16.2. The maximum atomic E-state index is 13.1. The molecule has 1 aliphatic rings. The van der Waals surface area contributed by atoms with E-state index in [0.29, 0.717) is 18.8 Å². The van der Waals surface area contributed by atoms with E-state index in [2.05, 4.69) is 20.7 Å². The summed E-state index contributed by atoms with van der Waals surface area (Å²) in [5.41, 5.74) is 0.0845. The Morgan fingerprint density at radius 3 is 2.71 bits per heavy atom. The maximum absolute atomic E-state index is 13.1. The second kappa shape index (κ2) is 6.43. The number of carbonyl (C=O) groups is 2. The quantitative estimate of drug-likeness (QED) is 0.893. The molecule has 24 heavy (non-hydrogen) atoms. The molecule has 1 aliphatic heterocycles. The first-order chi connectivity index (χ1) is 11.5. The van der Waals surface area contributed by atoms with Crippen molar-refractivity contribution in [2.45, 2.75) is 38.1 Å². The van der Waals surface area contributed by atoms with Crippen molar-refractivity contribution >= 4 is 17.8 Å². The van der Waals surface area contributed by atoms with Gasteiger partial charge in [-0.05, 0) is 25.8 Å². The summed E-state index contributed by atoms with van der Waals surface area (Å²) < 4.78 is 1.66. The number of carbonyl (C=O) groups excluding carboxylic acids is 2. The predicted octanol–water partition coefficient (Wildman–Crippen LogP) is 1.65. The average molecular weight is 327 g/mol. The van der Waals surface area contributed by atoms with E-state index in [9.17, 15) is 9.59 Å². The molecule has 0 radical (unpaired) electrons. The van der Waals surface area contributed by atoms with Gasteiger partial charge >= 0.3 is 0 Å². The van der Waals surface area contributed by atoms with Crippen LogP contribution in [0.4, 0.5) is 5.95 Å². The van der Waals surface area contributed by atoms with Gasteiger partial charge in [0.1, 0.15) is 6.33 Å². The molecule has 0 bridgehead atoms. The van der Waals surface area contributed by atoms with Gasteiger partial charge in [-0.1, -0.05) is 30.3 Å². The minimum Gasteiger partial charge on any atom is -0.355 e. The third-order valence-corrected chi connectivity index (χ3v) is 4.41. The monoisotopic (exact) mass is 327 g/mol. The van der Waals surface area contributed by atoms with E-state index in [1.165, 1.54) is 6.33 Å². The molecule has 126 valence electrons. The number of hydrogen-bond donors (Lipinski definition) is 2. The van der Waals surface area contributed by atoms with Crippen LogP contribution in [-0.2, 0) is 15.0 Å². The van der Waals surface area contributed by atoms with Crippen LogP contribution in [0.3, 0.4) is 0 Å². The molecule has 1 saturated heterocycles. The summed E-state index contributed by atoms with van der Waals surface area (Å²) in [6, 6.07) is 9.64. The van der Waals surface area contributed by atoms with Gasteiger partial charge in [0.25, 0.3) is 0 Å². The topological polar surface area (TPSA) is 88.9 Å². The lowest BCUT2D eigenvalue weighted by Gasteiger charge is -2.36. The third-order valence-electron chi connectivity index (χ3n) is 4.41. The first kappa shape index (κ1) is 16.2. The highest BCUT2D eigenvalue weighted by molar-refractivity contribution is 5.99. The number of nitrogens with zero attached hydrogens (tertiary/aromatic N) is 3. The highest BCUT2D eigenvalue weighted by Gasteiger charge is 2.43. The van der Waals surface area contributed by atoms with Crippen LogP contribution in [0.15, 0.2) is 36.7 Å². The molecule has 7 nitrogen and oxygen atoms in total. The van der Waals surface area contributed by atoms with E-state index in [1.807, 2.05) is 44.2 Å². The van der Waals surface area contributed by atoms with E-state index >= 15 is 0 Å². The largest absolute Gasteiger partial charge is 0.355 e. The molecule has 1 aromatic heterocycles. The number of rotatable bonds is 4. The van der Waals surface area contributed by atoms with Gasteiger partial charge in [0.15, 0.2) is 0 Å². The maximum Gasteiger partial charge on any atom is 0.239 e. The molecule has 0 aliphatic carbocycles. The lowest BCUT2D eigenvalue weighted by Crippen LogP contribution is -2.53. The summed E-state index contributed by atoms with van der Waals surface area (Å²) in [5.74, 6) is 0.213. The molecule has 2 aromatic rings. The van der Waals surface area contributed by atoms with Gasteiger partial charge in [0.05, 0.1) is 11.5 Å². The van der Waals surface area contributed by atoms with Gasteiger partial charge in [-0.3, -0.25) is 14.9 Å². The molecular weight excluding hydrogens is 306 g/mol. The van der Waals surface area contributed by atoms with Crippen molar-refractivity contribution in [1.29, 1.82) is 0 Å². The Morgan fingerprint density at radius 1 is 1.33 bits per heavy atom. The Hall–Kier alpha value is -2.70. The van der Waals surface area contributed by atoms with Crippen molar-refractivity contribution in [2.75, 3.05) is 11.9 Å². The summed E-state index contributed by atoms with van der Waals surface area (Å²) >= 11 is 0. The number of amides is 2. The number of aromatic nitrogens is 3. The fourth-order valence-corrected chi connectivity index (χ4v) is 3.02. The molecule has 1 aromatic carbocycles. The van der Waals surface area contributed by atoms with Crippen molar-refractivity contribution in [1.82, 2.24) is 20.1 Å². The molecular formula is C17H21N5O2. The molecule has 1 atom stereocenters.